The fourth-order valence-corrected chi connectivity index (χ4v) is 2.63. The zero-order valence-electron chi connectivity index (χ0n) is 9.11. The molecule has 0 aromatic heterocycles. The molecule has 0 aliphatic rings. The highest BCUT2D eigenvalue weighted by Gasteiger charge is 2.11. The molecule has 0 saturated heterocycles. The molecule has 0 fully saturated rings. The van der Waals surface area contributed by atoms with Gasteiger partial charge in [-0.15, -0.1) is 11.6 Å². The van der Waals surface area contributed by atoms with E-state index in [0.29, 0.717) is 10.2 Å². The standard InChI is InChI=1S/C11H21BrClI/c1-3-4-6-10(14)7-5-8-11(13)9(2)12/h9-11H,3-8H2,1-2H3. The first-order chi connectivity index (χ1) is 6.57. The fourth-order valence-electron chi connectivity index (χ4n) is 1.33. The fraction of sp³-hybridized carbons (Fsp3) is 1.00. The molecule has 0 bridgehead atoms. The summed E-state index contributed by atoms with van der Waals surface area (Å²) >= 11 is 12.2. The van der Waals surface area contributed by atoms with Crippen LogP contribution in [0, 0.1) is 0 Å². The summed E-state index contributed by atoms with van der Waals surface area (Å²) in [6.07, 6.45) is 7.78. The minimum absolute atomic E-state index is 0.296. The molecule has 0 saturated carbocycles. The molecule has 0 rings (SSSR count). The van der Waals surface area contributed by atoms with Crippen molar-refractivity contribution in [3.63, 3.8) is 0 Å². The largest absolute Gasteiger partial charge is 0.122 e. The Kier molecular flexibility index (Phi) is 10.7. The van der Waals surface area contributed by atoms with Gasteiger partial charge < -0.3 is 0 Å². The van der Waals surface area contributed by atoms with Gasteiger partial charge in [-0.2, -0.15) is 0 Å². The maximum Gasteiger partial charge on any atom is 0.0458 e. The molecule has 86 valence electrons. The van der Waals surface area contributed by atoms with Crippen LogP contribution in [0.1, 0.15) is 52.4 Å². The molecule has 0 N–H and O–H groups in total. The van der Waals surface area contributed by atoms with Crippen molar-refractivity contribution in [2.24, 2.45) is 0 Å². The molecule has 3 heteroatoms. The number of alkyl halides is 3. The monoisotopic (exact) mass is 394 g/mol. The second-order valence-electron chi connectivity index (χ2n) is 3.86. The maximum absolute atomic E-state index is 6.15. The summed E-state index contributed by atoms with van der Waals surface area (Å²) in [6.45, 7) is 4.38. The third-order valence-corrected chi connectivity index (χ3v) is 5.15. The van der Waals surface area contributed by atoms with Crippen LogP contribution in [0.25, 0.3) is 0 Å². The Bertz CT molecular complexity index is 130. The van der Waals surface area contributed by atoms with Crippen molar-refractivity contribution in [1.82, 2.24) is 0 Å². The number of hydrogen-bond acceptors (Lipinski definition) is 0. The van der Waals surface area contributed by atoms with Crippen LogP contribution in [0.5, 0.6) is 0 Å². The van der Waals surface area contributed by atoms with Crippen molar-refractivity contribution >= 4 is 50.1 Å². The minimum atomic E-state index is 0.296. The van der Waals surface area contributed by atoms with Gasteiger partial charge in [0.15, 0.2) is 0 Å². The molecular formula is C11H21BrClI. The Labute approximate surface area is 116 Å². The summed E-state index contributed by atoms with van der Waals surface area (Å²) in [6, 6.07) is 0. The molecular weight excluding hydrogens is 374 g/mol. The number of halogens is 3. The highest BCUT2D eigenvalue weighted by atomic mass is 127. The lowest BCUT2D eigenvalue weighted by Gasteiger charge is -2.13. The van der Waals surface area contributed by atoms with Crippen LogP contribution in [0.3, 0.4) is 0 Å². The molecule has 0 aromatic carbocycles. The van der Waals surface area contributed by atoms with Gasteiger partial charge in [0.1, 0.15) is 0 Å². The minimum Gasteiger partial charge on any atom is -0.122 e. The SMILES string of the molecule is CCCCC(I)CCCC(Cl)C(C)Br. The summed E-state index contributed by atoms with van der Waals surface area (Å²) in [7, 11) is 0. The Morgan fingerprint density at radius 2 is 1.79 bits per heavy atom. The summed E-state index contributed by atoms with van der Waals surface area (Å²) in [5.41, 5.74) is 0. The number of hydrogen-bond donors (Lipinski definition) is 0. The van der Waals surface area contributed by atoms with Crippen LogP contribution in [-0.4, -0.2) is 14.1 Å². The van der Waals surface area contributed by atoms with E-state index in [1.165, 1.54) is 32.1 Å². The van der Waals surface area contributed by atoms with E-state index in [0.717, 1.165) is 10.3 Å². The molecule has 3 atom stereocenters. The predicted octanol–water partition coefficient (Wildman–Crippen LogP) is 5.54. The van der Waals surface area contributed by atoms with Gasteiger partial charge in [0.05, 0.1) is 0 Å². The van der Waals surface area contributed by atoms with E-state index < -0.39 is 0 Å². The Hall–Kier alpha value is 1.50. The normalized spacial score (nSPS) is 17.8. The molecule has 14 heavy (non-hydrogen) atoms. The molecule has 0 nitrogen and oxygen atoms in total. The van der Waals surface area contributed by atoms with Gasteiger partial charge in [0.25, 0.3) is 0 Å². The molecule has 0 radical (unpaired) electrons. The molecule has 0 aliphatic heterocycles. The van der Waals surface area contributed by atoms with Crippen molar-refractivity contribution in [2.75, 3.05) is 0 Å². The highest BCUT2D eigenvalue weighted by Crippen LogP contribution is 2.22. The van der Waals surface area contributed by atoms with Crippen molar-refractivity contribution < 1.29 is 0 Å². The van der Waals surface area contributed by atoms with Gasteiger partial charge in [-0.3, -0.25) is 0 Å². The van der Waals surface area contributed by atoms with E-state index in [1.807, 2.05) is 0 Å². The van der Waals surface area contributed by atoms with Crippen LogP contribution in [0.2, 0.25) is 0 Å². The van der Waals surface area contributed by atoms with E-state index >= 15 is 0 Å². The van der Waals surface area contributed by atoms with Gasteiger partial charge in [-0.05, 0) is 19.3 Å². The first-order valence-electron chi connectivity index (χ1n) is 5.50. The molecule has 0 aromatic rings. The molecule has 0 aliphatic carbocycles. The Morgan fingerprint density at radius 1 is 1.21 bits per heavy atom. The third-order valence-electron chi connectivity index (χ3n) is 2.37. The second kappa shape index (κ2) is 9.71. The molecule has 0 heterocycles. The van der Waals surface area contributed by atoms with Gasteiger partial charge in [0.2, 0.25) is 0 Å². The van der Waals surface area contributed by atoms with Gasteiger partial charge in [-0.25, -0.2) is 0 Å². The van der Waals surface area contributed by atoms with E-state index in [9.17, 15) is 0 Å². The summed E-state index contributed by atoms with van der Waals surface area (Å²) in [4.78, 5) is 0.437. The van der Waals surface area contributed by atoms with Gasteiger partial charge >= 0.3 is 0 Å². The quantitative estimate of drug-likeness (QED) is 0.374. The smallest absolute Gasteiger partial charge is 0.0458 e. The van der Waals surface area contributed by atoms with Crippen LogP contribution in [0.15, 0.2) is 0 Å². The van der Waals surface area contributed by atoms with Crippen LogP contribution in [-0.2, 0) is 0 Å². The van der Waals surface area contributed by atoms with Gasteiger partial charge in [-0.1, -0.05) is 71.6 Å². The lowest BCUT2D eigenvalue weighted by atomic mass is 10.1. The molecule has 3 unspecified atom stereocenters. The maximum atomic E-state index is 6.15. The summed E-state index contributed by atoms with van der Waals surface area (Å²) in [5.74, 6) is 0. The van der Waals surface area contributed by atoms with Crippen molar-refractivity contribution in [3.8, 4) is 0 Å². The van der Waals surface area contributed by atoms with Crippen LogP contribution >= 0.6 is 50.1 Å². The van der Waals surface area contributed by atoms with E-state index in [2.05, 4.69) is 52.4 Å². The molecule has 0 spiro atoms. The molecule has 0 amide bonds. The van der Waals surface area contributed by atoms with Gasteiger partial charge in [0, 0.05) is 14.1 Å². The Balaban J connectivity index is 3.34. The number of rotatable bonds is 8. The van der Waals surface area contributed by atoms with Crippen molar-refractivity contribution in [3.05, 3.63) is 0 Å². The number of unbranched alkanes of at least 4 members (excludes halogenated alkanes) is 1. The topological polar surface area (TPSA) is 0 Å². The van der Waals surface area contributed by atoms with E-state index in [-0.39, 0.29) is 0 Å². The first-order valence-corrected chi connectivity index (χ1v) is 8.09. The predicted molar refractivity (Wildman–Crippen MR) is 79.2 cm³/mol. The lowest BCUT2D eigenvalue weighted by molar-refractivity contribution is 0.602. The second-order valence-corrected chi connectivity index (χ2v) is 7.63. The summed E-state index contributed by atoms with van der Waals surface area (Å²) in [5, 5.41) is 0.296. The van der Waals surface area contributed by atoms with Crippen molar-refractivity contribution in [1.29, 1.82) is 0 Å². The van der Waals surface area contributed by atoms with Crippen LogP contribution < -0.4 is 0 Å². The summed E-state index contributed by atoms with van der Waals surface area (Å²) < 4.78 is 0.849. The van der Waals surface area contributed by atoms with E-state index in [1.54, 1.807) is 0 Å². The third kappa shape index (κ3) is 8.78. The highest BCUT2D eigenvalue weighted by molar-refractivity contribution is 14.1. The zero-order valence-corrected chi connectivity index (χ0v) is 13.6. The first kappa shape index (κ1) is 15.5. The van der Waals surface area contributed by atoms with E-state index in [4.69, 9.17) is 11.6 Å². The average molecular weight is 396 g/mol. The zero-order chi connectivity index (χ0) is 11.0. The lowest BCUT2D eigenvalue weighted by Crippen LogP contribution is -2.10. The van der Waals surface area contributed by atoms with Crippen LogP contribution in [0.4, 0.5) is 0 Å². The van der Waals surface area contributed by atoms with Crippen molar-refractivity contribution in [2.45, 2.75) is 66.5 Å². The average Bonchev–Trinajstić information content (AvgIpc) is 2.14. The Morgan fingerprint density at radius 3 is 2.29 bits per heavy atom.